The molecule has 0 spiro atoms. The molecule has 10 nitrogen and oxygen atoms in total. The van der Waals surface area contributed by atoms with E-state index in [-0.39, 0.29) is 28.6 Å². The van der Waals surface area contributed by atoms with Crippen molar-refractivity contribution in [3.63, 3.8) is 0 Å². The molecular weight excluding hydrogens is 326 g/mol. The quantitative estimate of drug-likeness (QED) is 0.622. The Morgan fingerprint density at radius 3 is 2.52 bits per heavy atom. The lowest BCUT2D eigenvalue weighted by Crippen LogP contribution is -2.21. The third kappa shape index (κ3) is 2.92. The minimum Gasteiger partial charge on any atom is -0.497 e. The van der Waals surface area contributed by atoms with E-state index in [4.69, 9.17) is 10.5 Å². The van der Waals surface area contributed by atoms with Crippen LogP contribution in [0.4, 0.5) is 11.5 Å². The van der Waals surface area contributed by atoms with E-state index in [2.05, 4.69) is 25.9 Å². The number of nitrogens with one attached hydrogen (secondary N) is 2. The number of hydrogen-bond donors (Lipinski definition) is 3. The van der Waals surface area contributed by atoms with Gasteiger partial charge in [0.25, 0.3) is 11.8 Å². The summed E-state index contributed by atoms with van der Waals surface area (Å²) in [5.74, 6) is -0.281. The van der Waals surface area contributed by atoms with E-state index < -0.39 is 5.91 Å². The van der Waals surface area contributed by atoms with E-state index in [1.54, 1.807) is 31.4 Å². The van der Waals surface area contributed by atoms with Crippen LogP contribution in [0.2, 0.25) is 0 Å². The molecule has 10 heteroatoms. The predicted octanol–water partition coefficient (Wildman–Crippen LogP) is 0.327. The zero-order valence-corrected chi connectivity index (χ0v) is 13.5. The van der Waals surface area contributed by atoms with Crippen LogP contribution < -0.4 is 21.1 Å². The topological polar surface area (TPSA) is 137 Å². The Hall–Kier alpha value is -3.69. The Bertz CT molecular complexity index is 950. The number of nitrogens with two attached hydrogens (primary N) is 1. The van der Waals surface area contributed by atoms with Gasteiger partial charge in [-0.15, -0.1) is 10.2 Å². The number of methoxy groups -OCH3 is 1. The first-order valence-corrected chi connectivity index (χ1v) is 7.22. The summed E-state index contributed by atoms with van der Waals surface area (Å²) < 4.78 is 6.25. The third-order valence-corrected chi connectivity index (χ3v) is 3.49. The molecule has 4 N–H and O–H groups in total. The molecule has 0 aliphatic heterocycles. The molecule has 0 bridgehead atoms. The molecule has 2 aromatic heterocycles. The largest absolute Gasteiger partial charge is 0.497 e. The number of anilines is 2. The van der Waals surface area contributed by atoms with Crippen LogP contribution in [0.15, 0.2) is 30.5 Å². The first kappa shape index (κ1) is 16.2. The van der Waals surface area contributed by atoms with Crippen LogP contribution in [-0.4, -0.2) is 45.8 Å². The number of hydrogen-bond acceptors (Lipinski definition) is 7. The van der Waals surface area contributed by atoms with Crippen molar-refractivity contribution < 1.29 is 14.3 Å². The van der Waals surface area contributed by atoms with Gasteiger partial charge in [0, 0.05) is 12.7 Å². The minimum atomic E-state index is -0.547. The number of carbonyl (C=O) groups is 2. The lowest BCUT2D eigenvalue weighted by atomic mass is 10.3. The summed E-state index contributed by atoms with van der Waals surface area (Å²) in [6, 6.07) is 6.76. The molecule has 0 saturated carbocycles. The highest BCUT2D eigenvalue weighted by molar-refractivity contribution is 6.06. The first-order valence-electron chi connectivity index (χ1n) is 7.22. The van der Waals surface area contributed by atoms with Crippen molar-refractivity contribution in [2.24, 2.45) is 0 Å². The van der Waals surface area contributed by atoms with Gasteiger partial charge in [-0.1, -0.05) is 0 Å². The molecule has 2 heterocycles. The normalized spacial score (nSPS) is 10.5. The smallest absolute Gasteiger partial charge is 0.280 e. The van der Waals surface area contributed by atoms with E-state index in [0.717, 1.165) is 0 Å². The monoisotopic (exact) mass is 341 g/mol. The van der Waals surface area contributed by atoms with Crippen molar-refractivity contribution in [1.29, 1.82) is 0 Å². The molecule has 0 aliphatic carbocycles. The Balaban J connectivity index is 1.91. The molecule has 0 fully saturated rings. The van der Waals surface area contributed by atoms with Gasteiger partial charge in [-0.2, -0.15) is 9.61 Å². The fourth-order valence-electron chi connectivity index (χ4n) is 2.18. The van der Waals surface area contributed by atoms with Crippen molar-refractivity contribution in [2.45, 2.75) is 0 Å². The molecule has 2 amide bonds. The summed E-state index contributed by atoms with van der Waals surface area (Å²) in [4.78, 5) is 24.1. The van der Waals surface area contributed by atoms with Gasteiger partial charge in [0.05, 0.1) is 13.3 Å². The summed E-state index contributed by atoms with van der Waals surface area (Å²) >= 11 is 0. The number of nitrogen functional groups attached to an aromatic ring is 1. The number of rotatable bonds is 4. The second-order valence-corrected chi connectivity index (χ2v) is 4.99. The second kappa shape index (κ2) is 6.43. The standard InChI is InChI=1S/C15H15N7O3/c1-17-14(23)10-7-18-22-12(16)11(20-21-13(10)22)15(24)19-8-3-5-9(25-2)6-4-8/h3-7H,16H2,1-2H3,(H,17,23)(H,19,24). The van der Waals surface area contributed by atoms with Crippen LogP contribution >= 0.6 is 0 Å². The van der Waals surface area contributed by atoms with E-state index in [0.29, 0.717) is 11.4 Å². The van der Waals surface area contributed by atoms with Gasteiger partial charge < -0.3 is 21.1 Å². The maximum Gasteiger partial charge on any atom is 0.280 e. The molecule has 1 aromatic carbocycles. The highest BCUT2D eigenvalue weighted by Gasteiger charge is 2.20. The fraction of sp³-hybridized carbons (Fsp3) is 0.133. The molecule has 128 valence electrons. The van der Waals surface area contributed by atoms with Crippen LogP contribution in [0.1, 0.15) is 20.8 Å². The molecule has 3 rings (SSSR count). The average Bonchev–Trinajstić information content (AvgIpc) is 3.07. The van der Waals surface area contributed by atoms with Gasteiger partial charge in [0.2, 0.25) is 0 Å². The molecule has 0 saturated heterocycles. The number of fused-ring (bicyclic) bond motifs is 1. The zero-order chi connectivity index (χ0) is 18.0. The Morgan fingerprint density at radius 2 is 1.88 bits per heavy atom. The SMILES string of the molecule is CNC(=O)c1cnn2c(N)c(C(=O)Nc3ccc(OC)cc3)nnc12. The molecule has 0 radical (unpaired) electrons. The number of nitrogens with zero attached hydrogens (tertiary/aromatic N) is 4. The maximum atomic E-state index is 12.4. The Kier molecular flexibility index (Phi) is 4.16. The Labute approximate surface area is 142 Å². The van der Waals surface area contributed by atoms with Crippen LogP contribution in [0.5, 0.6) is 5.75 Å². The maximum absolute atomic E-state index is 12.4. The number of ether oxygens (including phenoxy) is 1. The van der Waals surface area contributed by atoms with Gasteiger partial charge in [0.15, 0.2) is 17.2 Å². The second-order valence-electron chi connectivity index (χ2n) is 4.99. The summed E-state index contributed by atoms with van der Waals surface area (Å²) in [6.45, 7) is 0. The summed E-state index contributed by atoms with van der Waals surface area (Å²) in [6.07, 6.45) is 1.31. The molecule has 0 aliphatic rings. The molecule has 3 aromatic rings. The van der Waals surface area contributed by atoms with Crippen LogP contribution in [-0.2, 0) is 0 Å². The van der Waals surface area contributed by atoms with Gasteiger partial charge in [0.1, 0.15) is 11.3 Å². The van der Waals surface area contributed by atoms with Crippen LogP contribution in [0.3, 0.4) is 0 Å². The molecule has 25 heavy (non-hydrogen) atoms. The highest BCUT2D eigenvalue weighted by Crippen LogP contribution is 2.18. The minimum absolute atomic E-state index is 0.0221. The molecular formula is C15H15N7O3. The van der Waals surface area contributed by atoms with Crippen molar-refractivity contribution in [2.75, 3.05) is 25.2 Å². The van der Waals surface area contributed by atoms with Crippen molar-refractivity contribution >= 4 is 29.0 Å². The van der Waals surface area contributed by atoms with Crippen LogP contribution in [0, 0.1) is 0 Å². The van der Waals surface area contributed by atoms with Crippen molar-refractivity contribution in [3.8, 4) is 5.75 Å². The number of carbonyl (C=O) groups excluding carboxylic acids is 2. The van der Waals surface area contributed by atoms with Gasteiger partial charge in [-0.25, -0.2) is 0 Å². The third-order valence-electron chi connectivity index (χ3n) is 3.49. The van der Waals surface area contributed by atoms with E-state index in [1.807, 2.05) is 0 Å². The van der Waals surface area contributed by atoms with Crippen molar-refractivity contribution in [1.82, 2.24) is 25.1 Å². The first-order chi connectivity index (χ1) is 12.0. The van der Waals surface area contributed by atoms with Crippen molar-refractivity contribution in [3.05, 3.63) is 41.7 Å². The molecule has 0 unspecified atom stereocenters. The average molecular weight is 341 g/mol. The van der Waals surface area contributed by atoms with Gasteiger partial charge in [-0.05, 0) is 24.3 Å². The van der Waals surface area contributed by atoms with Gasteiger partial charge in [-0.3, -0.25) is 9.59 Å². The Morgan fingerprint density at radius 1 is 1.16 bits per heavy atom. The number of benzene rings is 1. The number of amides is 2. The lowest BCUT2D eigenvalue weighted by Gasteiger charge is -2.08. The number of aromatic nitrogens is 4. The molecule has 0 atom stereocenters. The predicted molar refractivity (Wildman–Crippen MR) is 89.5 cm³/mol. The highest BCUT2D eigenvalue weighted by atomic mass is 16.5. The van der Waals surface area contributed by atoms with E-state index in [9.17, 15) is 9.59 Å². The fourth-order valence-corrected chi connectivity index (χ4v) is 2.18. The summed E-state index contributed by atoms with van der Waals surface area (Å²) in [5.41, 5.74) is 6.77. The van der Waals surface area contributed by atoms with E-state index >= 15 is 0 Å². The summed E-state index contributed by atoms with van der Waals surface area (Å²) in [7, 11) is 3.04. The summed E-state index contributed by atoms with van der Waals surface area (Å²) in [5, 5.41) is 16.8. The van der Waals surface area contributed by atoms with Gasteiger partial charge >= 0.3 is 0 Å². The van der Waals surface area contributed by atoms with E-state index in [1.165, 1.54) is 17.8 Å². The lowest BCUT2D eigenvalue weighted by molar-refractivity contribution is 0.0963. The van der Waals surface area contributed by atoms with Crippen LogP contribution in [0.25, 0.3) is 5.65 Å². The zero-order valence-electron chi connectivity index (χ0n) is 13.5.